The van der Waals surface area contributed by atoms with Crippen LogP contribution in [-0.2, 0) is 13.0 Å². The van der Waals surface area contributed by atoms with E-state index >= 15 is 0 Å². The van der Waals surface area contributed by atoms with Crippen molar-refractivity contribution in [2.45, 2.75) is 13.0 Å². The van der Waals surface area contributed by atoms with Gasteiger partial charge in [-0.25, -0.2) is 9.37 Å². The quantitative estimate of drug-likeness (QED) is 0.833. The van der Waals surface area contributed by atoms with E-state index in [1.54, 1.807) is 18.4 Å². The van der Waals surface area contributed by atoms with Gasteiger partial charge in [-0.05, 0) is 17.7 Å². The molecule has 78 valence electrons. The maximum Gasteiger partial charge on any atom is 0.207 e. The molecule has 0 aliphatic carbocycles. The molecule has 0 bridgehead atoms. The van der Waals surface area contributed by atoms with Gasteiger partial charge in [-0.3, -0.25) is 0 Å². The second kappa shape index (κ2) is 4.23. The lowest BCUT2D eigenvalue weighted by atomic mass is 10.1. The molecular weight excluding hydrogens is 195 g/mol. The van der Waals surface area contributed by atoms with Gasteiger partial charge in [0.2, 0.25) is 5.89 Å². The number of halogens is 1. The van der Waals surface area contributed by atoms with Gasteiger partial charge < -0.3 is 10.2 Å². The molecule has 1 aromatic carbocycles. The van der Waals surface area contributed by atoms with Gasteiger partial charge in [0, 0.05) is 6.42 Å². The third-order valence-electron chi connectivity index (χ3n) is 2.07. The number of aromatic nitrogens is 1. The molecule has 2 rings (SSSR count). The predicted molar refractivity (Wildman–Crippen MR) is 53.6 cm³/mol. The van der Waals surface area contributed by atoms with E-state index in [0.29, 0.717) is 18.9 Å². The smallest absolute Gasteiger partial charge is 0.207 e. The molecule has 15 heavy (non-hydrogen) atoms. The molecule has 0 aliphatic rings. The SMILES string of the molecule is NCc1nc(Cc2ccc(F)cc2)co1. The highest BCUT2D eigenvalue weighted by Gasteiger charge is 2.03. The molecule has 0 saturated carbocycles. The third-order valence-corrected chi connectivity index (χ3v) is 2.07. The first-order valence-corrected chi connectivity index (χ1v) is 4.65. The Morgan fingerprint density at radius 3 is 2.60 bits per heavy atom. The minimum absolute atomic E-state index is 0.235. The van der Waals surface area contributed by atoms with Gasteiger partial charge in [0.25, 0.3) is 0 Å². The second-order valence-electron chi connectivity index (χ2n) is 3.24. The lowest BCUT2D eigenvalue weighted by Crippen LogP contribution is -1.96. The number of oxazole rings is 1. The molecule has 0 aliphatic heterocycles. The summed E-state index contributed by atoms with van der Waals surface area (Å²) in [6, 6.07) is 6.32. The predicted octanol–water partition coefficient (Wildman–Crippen LogP) is 1.86. The van der Waals surface area contributed by atoms with Crippen molar-refractivity contribution in [1.29, 1.82) is 0 Å². The van der Waals surface area contributed by atoms with Crippen molar-refractivity contribution in [3.05, 3.63) is 53.5 Å². The summed E-state index contributed by atoms with van der Waals surface area (Å²) in [4.78, 5) is 4.16. The summed E-state index contributed by atoms with van der Waals surface area (Å²) in [5.41, 5.74) is 7.17. The van der Waals surface area contributed by atoms with E-state index in [-0.39, 0.29) is 5.82 Å². The Hall–Kier alpha value is -1.68. The fourth-order valence-electron chi connectivity index (χ4n) is 1.34. The molecule has 1 heterocycles. The second-order valence-corrected chi connectivity index (χ2v) is 3.24. The van der Waals surface area contributed by atoms with E-state index in [4.69, 9.17) is 10.2 Å². The molecule has 0 unspecified atom stereocenters. The van der Waals surface area contributed by atoms with E-state index < -0.39 is 0 Å². The van der Waals surface area contributed by atoms with Crippen molar-refractivity contribution in [2.24, 2.45) is 5.73 Å². The number of benzene rings is 1. The average Bonchev–Trinajstić information content (AvgIpc) is 2.69. The Labute approximate surface area is 86.7 Å². The molecular formula is C11H11FN2O. The molecule has 0 spiro atoms. The zero-order chi connectivity index (χ0) is 10.7. The molecule has 3 nitrogen and oxygen atoms in total. The van der Waals surface area contributed by atoms with Crippen molar-refractivity contribution < 1.29 is 8.81 Å². The summed E-state index contributed by atoms with van der Waals surface area (Å²) in [6.45, 7) is 0.295. The fraction of sp³-hybridized carbons (Fsp3) is 0.182. The molecule has 0 amide bonds. The highest BCUT2D eigenvalue weighted by Crippen LogP contribution is 2.10. The molecule has 2 N–H and O–H groups in total. The number of nitrogens with two attached hydrogens (primary N) is 1. The summed E-state index contributed by atoms with van der Waals surface area (Å²) < 4.78 is 17.7. The van der Waals surface area contributed by atoms with E-state index in [2.05, 4.69) is 4.98 Å². The van der Waals surface area contributed by atoms with Crippen LogP contribution >= 0.6 is 0 Å². The molecule has 4 heteroatoms. The number of hydrogen-bond donors (Lipinski definition) is 1. The maximum absolute atomic E-state index is 12.6. The lowest BCUT2D eigenvalue weighted by Gasteiger charge is -1.96. The monoisotopic (exact) mass is 206 g/mol. The van der Waals surface area contributed by atoms with Crippen molar-refractivity contribution in [3.63, 3.8) is 0 Å². The summed E-state index contributed by atoms with van der Waals surface area (Å²) in [7, 11) is 0. The molecule has 0 fully saturated rings. The Morgan fingerprint density at radius 1 is 1.27 bits per heavy atom. The van der Waals surface area contributed by atoms with Crippen molar-refractivity contribution in [3.8, 4) is 0 Å². The highest BCUT2D eigenvalue weighted by molar-refractivity contribution is 5.21. The summed E-state index contributed by atoms with van der Waals surface area (Å²) in [5.74, 6) is 0.286. The minimum atomic E-state index is -0.235. The first kappa shape index (κ1) is 9.86. The first-order chi connectivity index (χ1) is 7.28. The summed E-state index contributed by atoms with van der Waals surface area (Å²) in [5, 5.41) is 0. The number of nitrogens with zero attached hydrogens (tertiary/aromatic N) is 1. The van der Waals surface area contributed by atoms with E-state index in [9.17, 15) is 4.39 Å². The van der Waals surface area contributed by atoms with E-state index in [1.807, 2.05) is 0 Å². The van der Waals surface area contributed by atoms with Gasteiger partial charge in [0.1, 0.15) is 12.1 Å². The van der Waals surface area contributed by atoms with Crippen LogP contribution < -0.4 is 5.73 Å². The zero-order valence-corrected chi connectivity index (χ0v) is 8.11. The van der Waals surface area contributed by atoms with Gasteiger partial charge >= 0.3 is 0 Å². The van der Waals surface area contributed by atoms with Crippen molar-refractivity contribution >= 4 is 0 Å². The number of rotatable bonds is 3. The third kappa shape index (κ3) is 2.41. The van der Waals surface area contributed by atoms with Crippen LogP contribution in [0.1, 0.15) is 17.1 Å². The largest absolute Gasteiger partial charge is 0.447 e. The topological polar surface area (TPSA) is 52.0 Å². The molecule has 2 aromatic rings. The first-order valence-electron chi connectivity index (χ1n) is 4.65. The van der Waals surface area contributed by atoms with E-state index in [0.717, 1.165) is 11.3 Å². The Bertz CT molecular complexity index is 436. The molecule has 0 atom stereocenters. The van der Waals surface area contributed by atoms with Crippen LogP contribution in [0.5, 0.6) is 0 Å². The summed E-state index contributed by atoms with van der Waals surface area (Å²) >= 11 is 0. The van der Waals surface area contributed by atoms with Crippen LogP contribution in [0.3, 0.4) is 0 Å². The van der Waals surface area contributed by atoms with Crippen LogP contribution in [0.4, 0.5) is 4.39 Å². The summed E-state index contributed by atoms with van der Waals surface area (Å²) in [6.07, 6.45) is 2.20. The molecule has 0 radical (unpaired) electrons. The van der Waals surface area contributed by atoms with Crippen LogP contribution in [-0.4, -0.2) is 4.98 Å². The Kier molecular flexibility index (Phi) is 2.78. The zero-order valence-electron chi connectivity index (χ0n) is 8.11. The van der Waals surface area contributed by atoms with E-state index in [1.165, 1.54) is 12.1 Å². The normalized spacial score (nSPS) is 10.5. The average molecular weight is 206 g/mol. The Morgan fingerprint density at radius 2 is 2.00 bits per heavy atom. The van der Waals surface area contributed by atoms with Crippen molar-refractivity contribution in [1.82, 2.24) is 4.98 Å². The van der Waals surface area contributed by atoms with Crippen LogP contribution in [0, 0.1) is 5.82 Å². The van der Waals surface area contributed by atoms with Gasteiger partial charge in [0.05, 0.1) is 12.2 Å². The van der Waals surface area contributed by atoms with Crippen LogP contribution in [0.25, 0.3) is 0 Å². The van der Waals surface area contributed by atoms with Crippen LogP contribution in [0.15, 0.2) is 34.9 Å². The maximum atomic E-state index is 12.6. The standard InChI is InChI=1S/C11H11FN2O/c12-9-3-1-8(2-4-9)5-10-7-15-11(6-13)14-10/h1-4,7H,5-6,13H2. The molecule has 0 saturated heterocycles. The number of hydrogen-bond acceptors (Lipinski definition) is 3. The highest BCUT2D eigenvalue weighted by atomic mass is 19.1. The van der Waals surface area contributed by atoms with Gasteiger partial charge in [-0.2, -0.15) is 0 Å². The van der Waals surface area contributed by atoms with Crippen molar-refractivity contribution in [2.75, 3.05) is 0 Å². The Balaban J connectivity index is 2.11. The van der Waals surface area contributed by atoms with Gasteiger partial charge in [0.15, 0.2) is 0 Å². The van der Waals surface area contributed by atoms with Crippen LogP contribution in [0.2, 0.25) is 0 Å². The molecule has 1 aromatic heterocycles. The minimum Gasteiger partial charge on any atom is -0.447 e. The van der Waals surface area contributed by atoms with Gasteiger partial charge in [-0.1, -0.05) is 12.1 Å². The lowest BCUT2D eigenvalue weighted by molar-refractivity contribution is 0.497. The fourth-order valence-corrected chi connectivity index (χ4v) is 1.34. The van der Waals surface area contributed by atoms with Gasteiger partial charge in [-0.15, -0.1) is 0 Å².